The third-order valence-corrected chi connectivity index (χ3v) is 4.81. The lowest BCUT2D eigenvalue weighted by molar-refractivity contribution is 0.238. The molecule has 0 saturated heterocycles. The van der Waals surface area contributed by atoms with Crippen LogP contribution in [0, 0.1) is 0 Å². The van der Waals surface area contributed by atoms with Crippen LogP contribution in [-0.2, 0) is 19.5 Å². The van der Waals surface area contributed by atoms with E-state index < -0.39 is 0 Å². The van der Waals surface area contributed by atoms with E-state index in [4.69, 9.17) is 4.74 Å². The Bertz CT molecular complexity index is 827. The highest BCUT2D eigenvalue weighted by Crippen LogP contribution is 2.38. The zero-order valence-electron chi connectivity index (χ0n) is 13.7. The summed E-state index contributed by atoms with van der Waals surface area (Å²) in [6.07, 6.45) is 3.02. The van der Waals surface area contributed by atoms with Gasteiger partial charge in [-0.15, -0.1) is 0 Å². The number of ether oxygens (including phenoxy) is 1. The first-order valence-corrected chi connectivity index (χ1v) is 8.34. The lowest BCUT2D eigenvalue weighted by Crippen LogP contribution is -2.35. The molecule has 2 aromatic rings. The van der Waals surface area contributed by atoms with E-state index in [0.29, 0.717) is 24.8 Å². The van der Waals surface area contributed by atoms with E-state index in [9.17, 15) is 9.90 Å². The molecule has 1 aromatic heterocycles. The van der Waals surface area contributed by atoms with E-state index in [0.717, 1.165) is 48.5 Å². The van der Waals surface area contributed by atoms with Gasteiger partial charge >= 0.3 is 0 Å². The van der Waals surface area contributed by atoms with Crippen molar-refractivity contribution in [3.8, 4) is 11.5 Å². The normalized spacial score (nSPS) is 17.5. The number of methoxy groups -OCH3 is 1. The summed E-state index contributed by atoms with van der Waals surface area (Å²) in [4.78, 5) is 22.2. The number of aromatic nitrogens is 2. The van der Waals surface area contributed by atoms with Gasteiger partial charge in [0, 0.05) is 37.5 Å². The number of benzene rings is 1. The van der Waals surface area contributed by atoms with Crippen molar-refractivity contribution in [1.82, 2.24) is 14.9 Å². The average molecular weight is 327 g/mol. The van der Waals surface area contributed by atoms with Crippen molar-refractivity contribution in [1.29, 1.82) is 0 Å². The molecule has 1 aromatic carbocycles. The van der Waals surface area contributed by atoms with Crippen molar-refractivity contribution in [2.75, 3.05) is 13.7 Å². The van der Waals surface area contributed by atoms with Crippen molar-refractivity contribution in [3.05, 3.63) is 51.2 Å². The Hall–Kier alpha value is -2.34. The number of phenols is 1. The number of fused-ring (bicyclic) bond motifs is 1. The summed E-state index contributed by atoms with van der Waals surface area (Å²) in [5.41, 5.74) is 2.48. The van der Waals surface area contributed by atoms with Crippen LogP contribution >= 0.6 is 0 Å². The molecule has 1 fully saturated rings. The summed E-state index contributed by atoms with van der Waals surface area (Å²) < 4.78 is 5.22. The molecule has 0 atom stereocenters. The first-order chi connectivity index (χ1) is 11.6. The first-order valence-electron chi connectivity index (χ1n) is 8.34. The molecule has 2 aliphatic rings. The van der Waals surface area contributed by atoms with Gasteiger partial charge in [-0.2, -0.15) is 0 Å². The van der Waals surface area contributed by atoms with Gasteiger partial charge in [-0.3, -0.25) is 9.69 Å². The highest BCUT2D eigenvalue weighted by molar-refractivity contribution is 5.39. The maximum absolute atomic E-state index is 12.4. The van der Waals surface area contributed by atoms with E-state index in [1.54, 1.807) is 19.2 Å². The Labute approximate surface area is 140 Å². The topological polar surface area (TPSA) is 78.5 Å². The Morgan fingerprint density at radius 2 is 2.25 bits per heavy atom. The molecule has 6 nitrogen and oxygen atoms in total. The number of aromatic amines is 1. The van der Waals surface area contributed by atoms with Crippen LogP contribution in [0.3, 0.4) is 0 Å². The number of phenolic OH excluding ortho intramolecular Hbond substituents is 1. The van der Waals surface area contributed by atoms with Crippen LogP contribution in [0.5, 0.6) is 11.5 Å². The van der Waals surface area contributed by atoms with Crippen LogP contribution < -0.4 is 10.3 Å². The number of hydrogen-bond acceptors (Lipinski definition) is 5. The third kappa shape index (κ3) is 2.89. The van der Waals surface area contributed by atoms with E-state index in [-0.39, 0.29) is 11.3 Å². The van der Waals surface area contributed by atoms with Crippen molar-refractivity contribution < 1.29 is 9.84 Å². The molecule has 0 unspecified atom stereocenters. The van der Waals surface area contributed by atoms with Crippen molar-refractivity contribution >= 4 is 0 Å². The van der Waals surface area contributed by atoms with Crippen LogP contribution in [-0.4, -0.2) is 33.6 Å². The van der Waals surface area contributed by atoms with Gasteiger partial charge in [0.1, 0.15) is 17.3 Å². The van der Waals surface area contributed by atoms with Gasteiger partial charge in [-0.25, -0.2) is 4.98 Å². The van der Waals surface area contributed by atoms with Crippen LogP contribution in [0.25, 0.3) is 0 Å². The monoisotopic (exact) mass is 327 g/mol. The number of nitrogens with one attached hydrogen (secondary N) is 1. The second-order valence-corrected chi connectivity index (χ2v) is 6.61. The fourth-order valence-corrected chi connectivity index (χ4v) is 3.24. The lowest BCUT2D eigenvalue weighted by Gasteiger charge is -2.28. The van der Waals surface area contributed by atoms with Gasteiger partial charge < -0.3 is 14.8 Å². The van der Waals surface area contributed by atoms with Gasteiger partial charge in [-0.05, 0) is 31.0 Å². The summed E-state index contributed by atoms with van der Waals surface area (Å²) in [5, 5.41) is 10.1. The maximum atomic E-state index is 12.4. The second-order valence-electron chi connectivity index (χ2n) is 6.61. The van der Waals surface area contributed by atoms with E-state index in [1.165, 1.54) is 0 Å². The predicted molar refractivity (Wildman–Crippen MR) is 89.3 cm³/mol. The molecule has 0 amide bonds. The Balaban J connectivity index is 1.55. The fourth-order valence-electron chi connectivity index (χ4n) is 3.24. The molecular formula is C18H21N3O3. The van der Waals surface area contributed by atoms with E-state index in [2.05, 4.69) is 14.9 Å². The van der Waals surface area contributed by atoms with Gasteiger partial charge in [0.05, 0.1) is 18.4 Å². The van der Waals surface area contributed by atoms with Crippen LogP contribution in [0.1, 0.15) is 41.4 Å². The van der Waals surface area contributed by atoms with Crippen LogP contribution in [0.4, 0.5) is 0 Å². The maximum Gasteiger partial charge on any atom is 0.255 e. The smallest absolute Gasteiger partial charge is 0.255 e. The fraction of sp³-hybridized carbons (Fsp3) is 0.444. The molecule has 1 aliphatic carbocycles. The average Bonchev–Trinajstić information content (AvgIpc) is 3.42. The molecule has 0 bridgehead atoms. The second kappa shape index (κ2) is 5.94. The number of rotatable bonds is 4. The van der Waals surface area contributed by atoms with Gasteiger partial charge in [0.25, 0.3) is 5.56 Å². The molecule has 24 heavy (non-hydrogen) atoms. The summed E-state index contributed by atoms with van der Waals surface area (Å²) in [7, 11) is 1.61. The number of H-pyrrole nitrogens is 1. The minimum Gasteiger partial charge on any atom is -0.508 e. The SMILES string of the molecule is COc1ccc(O)c(CN2CCc3nc(C4CC4)[nH]c(=O)c3C2)c1. The predicted octanol–water partition coefficient (Wildman–Crippen LogP) is 1.92. The molecule has 2 heterocycles. The Kier molecular flexibility index (Phi) is 3.76. The third-order valence-electron chi connectivity index (χ3n) is 4.81. The molecule has 0 spiro atoms. The molecule has 1 aliphatic heterocycles. The first kappa shape index (κ1) is 15.2. The van der Waals surface area contributed by atoms with Crippen molar-refractivity contribution in [2.45, 2.75) is 38.3 Å². The molecular weight excluding hydrogens is 306 g/mol. The number of aromatic hydroxyl groups is 1. The van der Waals surface area contributed by atoms with Crippen LogP contribution in [0.15, 0.2) is 23.0 Å². The number of hydrogen-bond donors (Lipinski definition) is 2. The lowest BCUT2D eigenvalue weighted by atomic mass is 10.1. The minimum absolute atomic E-state index is 0.0125. The van der Waals surface area contributed by atoms with E-state index in [1.807, 2.05) is 6.07 Å². The minimum atomic E-state index is -0.0125. The zero-order chi connectivity index (χ0) is 16.7. The van der Waals surface area contributed by atoms with Gasteiger partial charge in [0.2, 0.25) is 0 Å². The summed E-state index contributed by atoms with van der Waals surface area (Å²) in [5.74, 6) is 2.28. The number of nitrogens with zero attached hydrogens (tertiary/aromatic N) is 2. The van der Waals surface area contributed by atoms with Crippen LogP contribution in [0.2, 0.25) is 0 Å². The molecule has 126 valence electrons. The molecule has 6 heteroatoms. The van der Waals surface area contributed by atoms with Crippen molar-refractivity contribution in [3.63, 3.8) is 0 Å². The standard InChI is InChI=1S/C18H21N3O3/c1-24-13-4-5-16(22)12(8-13)9-21-7-6-15-14(10-21)18(23)20-17(19-15)11-2-3-11/h4-5,8,11,22H,2-3,6-7,9-10H2,1H3,(H,19,20,23). The Morgan fingerprint density at radius 3 is 3.00 bits per heavy atom. The molecule has 2 N–H and O–H groups in total. The summed E-state index contributed by atoms with van der Waals surface area (Å²) >= 11 is 0. The molecule has 4 rings (SSSR count). The zero-order valence-corrected chi connectivity index (χ0v) is 13.7. The molecule has 0 radical (unpaired) electrons. The largest absolute Gasteiger partial charge is 0.508 e. The highest BCUT2D eigenvalue weighted by Gasteiger charge is 2.29. The quantitative estimate of drug-likeness (QED) is 0.897. The Morgan fingerprint density at radius 1 is 1.42 bits per heavy atom. The highest BCUT2D eigenvalue weighted by atomic mass is 16.5. The van der Waals surface area contributed by atoms with Gasteiger partial charge in [-0.1, -0.05) is 0 Å². The van der Waals surface area contributed by atoms with Gasteiger partial charge in [0.15, 0.2) is 0 Å². The summed E-state index contributed by atoms with van der Waals surface area (Å²) in [6.45, 7) is 1.95. The molecule has 1 saturated carbocycles. The summed E-state index contributed by atoms with van der Waals surface area (Å²) in [6, 6.07) is 5.21. The van der Waals surface area contributed by atoms with Crippen molar-refractivity contribution in [2.24, 2.45) is 0 Å². The van der Waals surface area contributed by atoms with E-state index >= 15 is 0 Å².